The quantitative estimate of drug-likeness (QED) is 0.402. The summed E-state index contributed by atoms with van der Waals surface area (Å²) in [5.74, 6) is 0.461. The molecule has 27 heavy (non-hydrogen) atoms. The second kappa shape index (κ2) is 6.17. The number of fused-ring (bicyclic) bond motifs is 3. The first kappa shape index (κ1) is 17.2. The Balaban J connectivity index is 1.99. The molecule has 0 amide bonds. The molecule has 0 atom stereocenters. The van der Waals surface area contributed by atoms with E-state index in [2.05, 4.69) is 4.98 Å². The Labute approximate surface area is 157 Å². The standard InChI is InChI=1S/C19H15N3O4S/c1-10-6-14-15(7-11(10)2)21-18(23)17(27-19(21)20-14)9-12-8-13(22(24)25)4-5-16(12)26-3/h4-9H,1-3H3/b17-9-. The van der Waals surface area contributed by atoms with Crippen LogP contribution in [-0.2, 0) is 0 Å². The van der Waals surface area contributed by atoms with Gasteiger partial charge in [-0.25, -0.2) is 9.38 Å². The fourth-order valence-corrected chi connectivity index (χ4v) is 3.99. The lowest BCUT2D eigenvalue weighted by Gasteiger charge is -2.03. The second-order valence-electron chi connectivity index (χ2n) is 6.25. The van der Waals surface area contributed by atoms with Crippen LogP contribution >= 0.6 is 11.3 Å². The van der Waals surface area contributed by atoms with E-state index in [1.165, 1.54) is 36.6 Å². The Hall–Kier alpha value is -3.26. The van der Waals surface area contributed by atoms with E-state index in [9.17, 15) is 14.9 Å². The van der Waals surface area contributed by atoms with Crippen molar-refractivity contribution in [2.75, 3.05) is 7.11 Å². The van der Waals surface area contributed by atoms with Crippen LogP contribution in [0.5, 0.6) is 5.75 Å². The van der Waals surface area contributed by atoms with Gasteiger partial charge in [0.15, 0.2) is 4.96 Å². The molecular weight excluding hydrogens is 366 g/mol. The van der Waals surface area contributed by atoms with Crippen LogP contribution in [0.4, 0.5) is 5.69 Å². The maximum Gasteiger partial charge on any atom is 0.274 e. The number of thiazole rings is 1. The van der Waals surface area contributed by atoms with Gasteiger partial charge in [0.1, 0.15) is 5.75 Å². The molecule has 0 fully saturated rings. The van der Waals surface area contributed by atoms with Gasteiger partial charge >= 0.3 is 0 Å². The summed E-state index contributed by atoms with van der Waals surface area (Å²) in [6.07, 6.45) is 1.61. The van der Waals surface area contributed by atoms with Gasteiger partial charge in [0.2, 0.25) is 0 Å². The molecule has 0 unspecified atom stereocenters. The molecule has 4 aromatic rings. The van der Waals surface area contributed by atoms with Crippen molar-refractivity contribution in [2.45, 2.75) is 13.8 Å². The highest BCUT2D eigenvalue weighted by Crippen LogP contribution is 2.25. The van der Waals surface area contributed by atoms with Crippen molar-refractivity contribution in [1.82, 2.24) is 9.38 Å². The molecule has 0 aliphatic rings. The first-order chi connectivity index (χ1) is 12.9. The number of hydrogen-bond donors (Lipinski definition) is 0. The van der Waals surface area contributed by atoms with E-state index in [0.29, 0.717) is 20.8 Å². The van der Waals surface area contributed by atoms with Crippen LogP contribution in [0, 0.1) is 24.0 Å². The van der Waals surface area contributed by atoms with Crippen LogP contribution in [-0.4, -0.2) is 21.4 Å². The highest BCUT2D eigenvalue weighted by atomic mass is 32.1. The minimum atomic E-state index is -0.477. The maximum absolute atomic E-state index is 13.0. The summed E-state index contributed by atoms with van der Waals surface area (Å²) < 4.78 is 7.30. The minimum absolute atomic E-state index is 0.0626. The van der Waals surface area contributed by atoms with E-state index in [1.54, 1.807) is 10.5 Å². The largest absolute Gasteiger partial charge is 0.496 e. The lowest BCUT2D eigenvalue weighted by atomic mass is 10.1. The number of nitrogens with zero attached hydrogens (tertiary/aromatic N) is 3. The first-order valence-corrected chi connectivity index (χ1v) is 8.97. The Morgan fingerprint density at radius 2 is 1.96 bits per heavy atom. The highest BCUT2D eigenvalue weighted by Gasteiger charge is 2.14. The summed E-state index contributed by atoms with van der Waals surface area (Å²) in [4.78, 5) is 28.7. The number of rotatable bonds is 3. The first-order valence-electron chi connectivity index (χ1n) is 8.15. The summed E-state index contributed by atoms with van der Waals surface area (Å²) in [7, 11) is 1.48. The van der Waals surface area contributed by atoms with Crippen molar-refractivity contribution >= 4 is 39.1 Å². The van der Waals surface area contributed by atoms with Gasteiger partial charge in [0.25, 0.3) is 11.2 Å². The molecule has 0 bridgehead atoms. The SMILES string of the molecule is COc1ccc([N+](=O)[O-])cc1/C=c1\sc2nc3cc(C)c(C)cc3n2c1=O. The van der Waals surface area contributed by atoms with Crippen molar-refractivity contribution in [3.63, 3.8) is 0 Å². The normalized spacial score (nSPS) is 12.2. The zero-order valence-electron chi connectivity index (χ0n) is 14.8. The summed E-state index contributed by atoms with van der Waals surface area (Å²) in [6.45, 7) is 4.00. The second-order valence-corrected chi connectivity index (χ2v) is 7.26. The number of nitro benzene ring substituents is 1. The smallest absolute Gasteiger partial charge is 0.274 e. The molecule has 2 aromatic heterocycles. The van der Waals surface area contributed by atoms with Crippen LogP contribution in [0.1, 0.15) is 16.7 Å². The van der Waals surface area contributed by atoms with Gasteiger partial charge in [-0.3, -0.25) is 14.9 Å². The third kappa shape index (κ3) is 2.74. The summed E-state index contributed by atoms with van der Waals surface area (Å²) in [6, 6.07) is 8.21. The predicted octanol–water partition coefficient (Wildman–Crippen LogP) is 2.99. The molecule has 7 nitrogen and oxygen atoms in total. The van der Waals surface area contributed by atoms with E-state index < -0.39 is 4.92 Å². The number of imidazole rings is 1. The molecule has 8 heteroatoms. The molecule has 2 heterocycles. The average Bonchev–Trinajstić information content (AvgIpc) is 3.12. The van der Waals surface area contributed by atoms with Crippen LogP contribution in [0.3, 0.4) is 0 Å². The van der Waals surface area contributed by atoms with Crippen LogP contribution in [0.2, 0.25) is 0 Å². The van der Waals surface area contributed by atoms with Crippen LogP contribution in [0.15, 0.2) is 35.1 Å². The van der Waals surface area contributed by atoms with Gasteiger partial charge < -0.3 is 4.74 Å². The van der Waals surface area contributed by atoms with Crippen LogP contribution < -0.4 is 14.8 Å². The lowest BCUT2D eigenvalue weighted by molar-refractivity contribution is -0.384. The lowest BCUT2D eigenvalue weighted by Crippen LogP contribution is -2.22. The Morgan fingerprint density at radius 1 is 1.22 bits per heavy atom. The predicted molar refractivity (Wildman–Crippen MR) is 105 cm³/mol. The van der Waals surface area contributed by atoms with Crippen LogP contribution in [0.25, 0.3) is 22.1 Å². The molecule has 136 valence electrons. The van der Waals surface area contributed by atoms with Gasteiger partial charge in [0, 0.05) is 17.7 Å². The van der Waals surface area contributed by atoms with Gasteiger partial charge in [0.05, 0.1) is 27.6 Å². The van der Waals surface area contributed by atoms with Gasteiger partial charge in [-0.15, -0.1) is 0 Å². The number of aryl methyl sites for hydroxylation is 2. The average molecular weight is 381 g/mol. The number of benzene rings is 2. The Bertz CT molecular complexity index is 1340. The molecular formula is C19H15N3O4S. The zero-order valence-corrected chi connectivity index (χ0v) is 15.7. The fraction of sp³-hybridized carbons (Fsp3) is 0.158. The highest BCUT2D eigenvalue weighted by molar-refractivity contribution is 7.15. The fourth-order valence-electron chi connectivity index (χ4n) is 3.01. The monoisotopic (exact) mass is 381 g/mol. The Kier molecular flexibility index (Phi) is 3.92. The van der Waals surface area contributed by atoms with Crippen molar-refractivity contribution in [1.29, 1.82) is 0 Å². The zero-order chi connectivity index (χ0) is 19.3. The van der Waals surface area contributed by atoms with Gasteiger partial charge in [-0.2, -0.15) is 0 Å². The third-order valence-corrected chi connectivity index (χ3v) is 5.53. The van der Waals surface area contributed by atoms with Gasteiger partial charge in [-0.1, -0.05) is 11.3 Å². The molecule has 0 aliphatic carbocycles. The molecule has 0 saturated heterocycles. The van der Waals surface area contributed by atoms with E-state index in [-0.39, 0.29) is 11.2 Å². The van der Waals surface area contributed by atoms with Crippen molar-refractivity contribution in [2.24, 2.45) is 0 Å². The van der Waals surface area contributed by atoms with Crippen molar-refractivity contribution < 1.29 is 9.66 Å². The molecule has 0 saturated carbocycles. The van der Waals surface area contributed by atoms with Gasteiger partial charge in [-0.05, 0) is 49.2 Å². The number of non-ortho nitro benzene ring substituents is 1. The number of hydrogen-bond acceptors (Lipinski definition) is 6. The van der Waals surface area contributed by atoms with Crippen molar-refractivity contribution in [3.05, 3.63) is 72.0 Å². The number of ether oxygens (including phenoxy) is 1. The topological polar surface area (TPSA) is 86.7 Å². The van der Waals surface area contributed by atoms with Crippen molar-refractivity contribution in [3.8, 4) is 5.75 Å². The number of nitro groups is 1. The maximum atomic E-state index is 13.0. The number of aromatic nitrogens is 2. The minimum Gasteiger partial charge on any atom is -0.496 e. The summed E-state index contributed by atoms with van der Waals surface area (Å²) in [5.41, 5.74) is 3.96. The molecule has 0 aliphatic heterocycles. The molecule has 0 radical (unpaired) electrons. The van der Waals surface area contributed by atoms with E-state index >= 15 is 0 Å². The molecule has 4 rings (SSSR count). The molecule has 2 aromatic carbocycles. The number of methoxy groups -OCH3 is 1. The summed E-state index contributed by atoms with van der Waals surface area (Å²) in [5, 5.41) is 11.1. The van der Waals surface area contributed by atoms with E-state index in [0.717, 1.165) is 22.2 Å². The Morgan fingerprint density at radius 3 is 2.67 bits per heavy atom. The van der Waals surface area contributed by atoms with E-state index in [4.69, 9.17) is 4.74 Å². The summed E-state index contributed by atoms with van der Waals surface area (Å²) >= 11 is 1.25. The molecule has 0 spiro atoms. The molecule has 0 N–H and O–H groups in total. The third-order valence-electron chi connectivity index (χ3n) is 4.56. The van der Waals surface area contributed by atoms with E-state index in [1.807, 2.05) is 26.0 Å².